The number of hydroxylamine groups is 3. The maximum Gasteiger partial charge on any atom is 0.319 e. The number of piperazine rings is 1. The summed E-state index contributed by atoms with van der Waals surface area (Å²) in [5, 5.41) is 22.3. The monoisotopic (exact) mass is 555 g/mol. The van der Waals surface area contributed by atoms with E-state index in [-0.39, 0.29) is 48.0 Å². The van der Waals surface area contributed by atoms with Crippen molar-refractivity contribution in [3.8, 4) is 0 Å². The molecule has 3 N–H and O–H groups in total. The van der Waals surface area contributed by atoms with Gasteiger partial charge in [-0.15, -0.1) is 0 Å². The molecule has 0 radical (unpaired) electrons. The number of carbonyl (C=O) groups is 3. The molecule has 39 heavy (non-hydrogen) atoms. The Hall–Kier alpha value is -3.14. The summed E-state index contributed by atoms with van der Waals surface area (Å²) in [5.74, 6) is 0.170. The number of amides is 4. The van der Waals surface area contributed by atoms with Gasteiger partial charge >= 0.3 is 6.03 Å². The van der Waals surface area contributed by atoms with Crippen molar-refractivity contribution in [1.82, 2.24) is 15.5 Å². The fourth-order valence-corrected chi connectivity index (χ4v) is 5.01. The van der Waals surface area contributed by atoms with Gasteiger partial charge in [0.15, 0.2) is 0 Å². The first-order chi connectivity index (χ1) is 18.4. The van der Waals surface area contributed by atoms with E-state index in [4.69, 9.17) is 11.6 Å². The van der Waals surface area contributed by atoms with Crippen LogP contribution < -0.4 is 16.0 Å². The van der Waals surface area contributed by atoms with Gasteiger partial charge in [-0.3, -0.25) is 9.59 Å². The van der Waals surface area contributed by atoms with Crippen LogP contribution >= 0.6 is 11.6 Å². The molecule has 0 atom stereocenters. The molecule has 2 fully saturated rings. The normalized spacial score (nSPS) is 17.2. The van der Waals surface area contributed by atoms with Crippen LogP contribution in [0.3, 0.4) is 0 Å². The minimum absolute atomic E-state index is 0.175. The lowest BCUT2D eigenvalue weighted by molar-refractivity contribution is -0.897. The Morgan fingerprint density at radius 1 is 1.05 bits per heavy atom. The number of nitrogens with one attached hydrogen (secondary N) is 3. The fraction of sp³-hybridized carbons (Fsp3) is 0.483. The van der Waals surface area contributed by atoms with Crippen molar-refractivity contribution in [2.45, 2.75) is 52.1 Å². The Bertz CT molecular complexity index is 1220. The molecule has 0 bridgehead atoms. The van der Waals surface area contributed by atoms with Gasteiger partial charge in [-0.1, -0.05) is 30.2 Å². The molecule has 1 saturated carbocycles. The first-order valence-corrected chi connectivity index (χ1v) is 13.9. The maximum atomic E-state index is 13.5. The first-order valence-electron chi connectivity index (χ1n) is 13.5. The third-order valence-electron chi connectivity index (χ3n) is 7.23. The lowest BCUT2D eigenvalue weighted by Gasteiger charge is -2.48. The highest BCUT2D eigenvalue weighted by atomic mass is 35.5. The van der Waals surface area contributed by atoms with E-state index in [1.54, 1.807) is 41.3 Å². The van der Waals surface area contributed by atoms with Gasteiger partial charge in [0.25, 0.3) is 11.8 Å². The SMILES string of the molecule is CC(C)(C)NC(=O)c1cccc(C[N+]2([O-])CCN(C(=O)c3ccc(NC(=O)NCC4CCC4)c(Cl)c3)CC2)c1. The third-order valence-corrected chi connectivity index (χ3v) is 7.54. The molecule has 1 aliphatic carbocycles. The number of quaternary nitrogens is 1. The van der Waals surface area contributed by atoms with E-state index in [1.807, 2.05) is 26.8 Å². The zero-order chi connectivity index (χ0) is 28.2. The summed E-state index contributed by atoms with van der Waals surface area (Å²) in [6.07, 6.45) is 3.50. The van der Waals surface area contributed by atoms with Crippen molar-refractivity contribution in [3.63, 3.8) is 0 Å². The molecule has 1 saturated heterocycles. The number of carbonyl (C=O) groups excluding carboxylic acids is 3. The van der Waals surface area contributed by atoms with E-state index < -0.39 is 4.65 Å². The molecular weight excluding hydrogens is 518 g/mol. The van der Waals surface area contributed by atoms with Crippen LogP contribution in [-0.2, 0) is 6.54 Å². The van der Waals surface area contributed by atoms with Crippen LogP contribution in [0, 0.1) is 11.1 Å². The number of hydrogen-bond donors (Lipinski definition) is 3. The quantitative estimate of drug-likeness (QED) is 0.337. The number of anilines is 1. The summed E-state index contributed by atoms with van der Waals surface area (Å²) in [5.41, 5.74) is 1.80. The highest BCUT2D eigenvalue weighted by Crippen LogP contribution is 2.27. The zero-order valence-electron chi connectivity index (χ0n) is 22.9. The Morgan fingerprint density at radius 3 is 2.38 bits per heavy atom. The van der Waals surface area contributed by atoms with Crippen molar-refractivity contribution in [2.24, 2.45) is 5.92 Å². The molecule has 0 unspecified atom stereocenters. The molecule has 9 nitrogen and oxygen atoms in total. The topological polar surface area (TPSA) is 114 Å². The highest BCUT2D eigenvalue weighted by molar-refractivity contribution is 6.34. The van der Waals surface area contributed by atoms with E-state index >= 15 is 0 Å². The van der Waals surface area contributed by atoms with E-state index in [9.17, 15) is 19.6 Å². The molecular formula is C29H38ClN5O4. The molecule has 210 valence electrons. The van der Waals surface area contributed by atoms with Crippen LogP contribution in [0.4, 0.5) is 10.5 Å². The lowest BCUT2D eigenvalue weighted by atomic mass is 9.85. The van der Waals surface area contributed by atoms with Gasteiger partial charge in [0, 0.05) is 28.8 Å². The molecule has 2 aliphatic rings. The van der Waals surface area contributed by atoms with Crippen LogP contribution in [0.5, 0.6) is 0 Å². The van der Waals surface area contributed by atoms with Crippen LogP contribution in [0.25, 0.3) is 0 Å². The number of nitrogens with zero attached hydrogens (tertiary/aromatic N) is 2. The largest absolute Gasteiger partial charge is 0.632 e. The van der Waals surface area contributed by atoms with Crippen LogP contribution in [0.1, 0.15) is 66.3 Å². The van der Waals surface area contributed by atoms with Crippen LogP contribution in [-0.4, -0.2) is 65.7 Å². The second kappa shape index (κ2) is 11.9. The van der Waals surface area contributed by atoms with Gasteiger partial charge in [-0.25, -0.2) is 4.79 Å². The molecule has 0 aromatic heterocycles. The third kappa shape index (κ3) is 7.94. The molecule has 1 heterocycles. The first kappa shape index (κ1) is 28.9. The van der Waals surface area contributed by atoms with Gasteiger partial charge in [0.2, 0.25) is 0 Å². The Balaban J connectivity index is 1.30. The molecule has 1 aliphatic heterocycles. The van der Waals surface area contributed by atoms with Gasteiger partial charge in [-0.2, -0.15) is 0 Å². The number of benzene rings is 2. The van der Waals surface area contributed by atoms with Crippen LogP contribution in [0.15, 0.2) is 42.5 Å². The number of halogens is 1. The van der Waals surface area contributed by atoms with E-state index in [2.05, 4.69) is 16.0 Å². The van der Waals surface area contributed by atoms with Crippen molar-refractivity contribution < 1.29 is 19.0 Å². The van der Waals surface area contributed by atoms with E-state index in [1.165, 1.54) is 6.42 Å². The van der Waals surface area contributed by atoms with Gasteiger partial charge in [0.1, 0.15) is 6.54 Å². The average molecular weight is 556 g/mol. The molecule has 2 aromatic carbocycles. The molecule has 4 rings (SSSR count). The van der Waals surface area contributed by atoms with Gasteiger partial charge in [-0.05, 0) is 69.9 Å². The molecule has 2 aromatic rings. The summed E-state index contributed by atoms with van der Waals surface area (Å²) in [4.78, 5) is 39.5. The van der Waals surface area contributed by atoms with Crippen molar-refractivity contribution in [3.05, 3.63) is 69.4 Å². The van der Waals surface area contributed by atoms with Gasteiger partial charge in [0.05, 0.1) is 36.9 Å². The molecule has 0 spiro atoms. The lowest BCUT2D eigenvalue weighted by Crippen LogP contribution is -2.56. The Kier molecular flexibility index (Phi) is 8.83. The average Bonchev–Trinajstić information content (AvgIpc) is 2.83. The molecule has 4 amide bonds. The minimum atomic E-state index is -0.465. The maximum absolute atomic E-state index is 13.5. The van der Waals surface area contributed by atoms with Gasteiger partial charge < -0.3 is 30.7 Å². The zero-order valence-corrected chi connectivity index (χ0v) is 23.6. The van der Waals surface area contributed by atoms with Crippen LogP contribution in [0.2, 0.25) is 5.02 Å². The number of rotatable bonds is 7. The summed E-state index contributed by atoms with van der Waals surface area (Å²) >= 11 is 6.37. The summed E-state index contributed by atoms with van der Waals surface area (Å²) in [6, 6.07) is 11.6. The fourth-order valence-electron chi connectivity index (χ4n) is 4.78. The second-order valence-electron chi connectivity index (χ2n) is 11.7. The Labute approximate surface area is 235 Å². The predicted octanol–water partition coefficient (Wildman–Crippen LogP) is 4.76. The van der Waals surface area contributed by atoms with Crippen molar-refractivity contribution in [1.29, 1.82) is 0 Å². The number of hydrogen-bond acceptors (Lipinski definition) is 4. The van der Waals surface area contributed by atoms with Crippen molar-refractivity contribution in [2.75, 3.05) is 38.0 Å². The van der Waals surface area contributed by atoms with E-state index in [0.717, 1.165) is 18.4 Å². The van der Waals surface area contributed by atoms with Crippen molar-refractivity contribution >= 4 is 35.1 Å². The molecule has 10 heteroatoms. The van der Waals surface area contributed by atoms with E-state index in [0.29, 0.717) is 42.4 Å². The highest BCUT2D eigenvalue weighted by Gasteiger charge is 2.29. The predicted molar refractivity (Wildman–Crippen MR) is 152 cm³/mol. The number of urea groups is 1. The minimum Gasteiger partial charge on any atom is -0.632 e. The standard InChI is InChI=1S/C29H38ClN5O4/c1-29(2,3)33-26(36)22-9-5-8-21(16-22)19-35(39)14-12-34(13-15-35)27(37)23-10-11-25(24(30)17-23)32-28(38)31-18-20-6-4-7-20/h5,8-11,16-17,20H,4,6-7,12-15,18-19H2,1-3H3,(H,33,36)(H2,31,32,38). The Morgan fingerprint density at radius 2 is 1.77 bits per heavy atom. The smallest absolute Gasteiger partial charge is 0.319 e. The summed E-state index contributed by atoms with van der Waals surface area (Å²) < 4.78 is -0.465. The summed E-state index contributed by atoms with van der Waals surface area (Å²) in [6.45, 7) is 7.76. The summed E-state index contributed by atoms with van der Waals surface area (Å²) in [7, 11) is 0. The second-order valence-corrected chi connectivity index (χ2v) is 12.1.